The summed E-state index contributed by atoms with van der Waals surface area (Å²) in [5.41, 5.74) is 0. The van der Waals surface area contributed by atoms with Crippen molar-refractivity contribution in [2.45, 2.75) is 26.2 Å². The maximum Gasteiger partial charge on any atom is 0.234 e. The number of carbonyl (C=O) groups is 1. The minimum Gasteiger partial charge on any atom is -0.379 e. The van der Waals surface area contributed by atoms with Crippen molar-refractivity contribution in [2.24, 2.45) is 5.92 Å². The lowest BCUT2D eigenvalue weighted by Gasteiger charge is -2.06. The van der Waals surface area contributed by atoms with E-state index in [1.165, 1.54) is 12.8 Å². The Hall–Kier alpha value is -0.610. The fourth-order valence-corrected chi connectivity index (χ4v) is 1.24. The van der Waals surface area contributed by atoms with Crippen molar-refractivity contribution in [1.82, 2.24) is 10.6 Å². The van der Waals surface area contributed by atoms with Gasteiger partial charge in [0.15, 0.2) is 0 Å². The van der Waals surface area contributed by atoms with Gasteiger partial charge in [-0.05, 0) is 31.7 Å². The Morgan fingerprint density at radius 2 is 2.20 bits per heavy atom. The molecule has 0 unspecified atom stereocenters. The van der Waals surface area contributed by atoms with E-state index in [0.29, 0.717) is 19.7 Å². The Morgan fingerprint density at radius 3 is 2.87 bits per heavy atom. The summed E-state index contributed by atoms with van der Waals surface area (Å²) < 4.78 is 5.40. The van der Waals surface area contributed by atoms with Crippen LogP contribution in [0.5, 0.6) is 0 Å². The Morgan fingerprint density at radius 1 is 1.40 bits per heavy atom. The first-order valence-electron chi connectivity index (χ1n) is 5.88. The molecule has 1 aliphatic rings. The molecule has 88 valence electrons. The van der Waals surface area contributed by atoms with Crippen LogP contribution in [0.1, 0.15) is 26.2 Å². The first-order chi connectivity index (χ1) is 7.33. The van der Waals surface area contributed by atoms with Crippen LogP contribution in [-0.4, -0.2) is 38.8 Å². The molecule has 0 aliphatic heterocycles. The first-order valence-corrected chi connectivity index (χ1v) is 5.88. The summed E-state index contributed by atoms with van der Waals surface area (Å²) in [7, 11) is 0. The zero-order chi connectivity index (χ0) is 10.9. The molecule has 1 saturated carbocycles. The first kappa shape index (κ1) is 12.5. The molecule has 4 nitrogen and oxygen atoms in total. The second-order valence-corrected chi connectivity index (χ2v) is 4.05. The molecule has 0 spiro atoms. The number of amides is 1. The van der Waals surface area contributed by atoms with E-state index in [1.54, 1.807) is 0 Å². The molecule has 1 fully saturated rings. The molecule has 2 N–H and O–H groups in total. The predicted molar refractivity (Wildman–Crippen MR) is 59.7 cm³/mol. The largest absolute Gasteiger partial charge is 0.379 e. The number of carbonyl (C=O) groups excluding carboxylic acids is 1. The molecule has 1 amide bonds. The molecule has 0 aromatic rings. The Balaban J connectivity index is 1.78. The maximum atomic E-state index is 11.2. The van der Waals surface area contributed by atoms with Crippen molar-refractivity contribution < 1.29 is 9.53 Å². The molecule has 1 rings (SSSR count). The highest BCUT2D eigenvalue weighted by Crippen LogP contribution is 2.28. The van der Waals surface area contributed by atoms with Crippen LogP contribution in [0.4, 0.5) is 0 Å². The predicted octanol–water partition coefficient (Wildman–Crippen LogP) is 0.529. The van der Waals surface area contributed by atoms with Gasteiger partial charge in [0.25, 0.3) is 0 Å². The fraction of sp³-hybridized carbons (Fsp3) is 0.909. The third kappa shape index (κ3) is 7.33. The van der Waals surface area contributed by atoms with Crippen LogP contribution < -0.4 is 10.6 Å². The molecule has 4 heteroatoms. The molecule has 0 aromatic carbocycles. The summed E-state index contributed by atoms with van der Waals surface area (Å²) in [6.45, 7) is 5.51. The fourth-order valence-electron chi connectivity index (χ4n) is 1.24. The Labute approximate surface area is 91.8 Å². The highest BCUT2D eigenvalue weighted by molar-refractivity contribution is 5.77. The van der Waals surface area contributed by atoms with E-state index in [0.717, 1.165) is 25.5 Å². The van der Waals surface area contributed by atoms with Crippen LogP contribution in [0.25, 0.3) is 0 Å². The molecule has 0 radical (unpaired) electrons. The molecule has 1 aliphatic carbocycles. The second-order valence-electron chi connectivity index (χ2n) is 4.05. The van der Waals surface area contributed by atoms with Gasteiger partial charge >= 0.3 is 0 Å². The van der Waals surface area contributed by atoms with Gasteiger partial charge in [-0.2, -0.15) is 0 Å². The smallest absolute Gasteiger partial charge is 0.234 e. The quantitative estimate of drug-likeness (QED) is 0.550. The lowest BCUT2D eigenvalue weighted by atomic mass is 10.4. The highest BCUT2D eigenvalue weighted by atomic mass is 16.5. The molecular weight excluding hydrogens is 192 g/mol. The molecule has 0 atom stereocenters. The average molecular weight is 214 g/mol. The molecule has 0 aromatic heterocycles. The van der Waals surface area contributed by atoms with E-state index in [1.807, 2.05) is 0 Å². The van der Waals surface area contributed by atoms with Gasteiger partial charge in [-0.25, -0.2) is 0 Å². The number of hydrogen-bond donors (Lipinski definition) is 2. The van der Waals surface area contributed by atoms with Crippen molar-refractivity contribution in [1.29, 1.82) is 0 Å². The Bertz CT molecular complexity index is 181. The summed E-state index contributed by atoms with van der Waals surface area (Å²) in [4.78, 5) is 11.2. The van der Waals surface area contributed by atoms with Gasteiger partial charge in [-0.3, -0.25) is 4.79 Å². The second kappa shape index (κ2) is 7.65. The van der Waals surface area contributed by atoms with E-state index in [2.05, 4.69) is 17.6 Å². The minimum absolute atomic E-state index is 0.0541. The van der Waals surface area contributed by atoms with Crippen molar-refractivity contribution >= 4 is 5.91 Å². The monoisotopic (exact) mass is 214 g/mol. The normalized spacial score (nSPS) is 15.3. The van der Waals surface area contributed by atoms with Gasteiger partial charge in [0, 0.05) is 13.2 Å². The van der Waals surface area contributed by atoms with E-state index in [-0.39, 0.29) is 5.91 Å². The number of hydrogen-bond acceptors (Lipinski definition) is 3. The van der Waals surface area contributed by atoms with Crippen LogP contribution in [0.3, 0.4) is 0 Å². The zero-order valence-corrected chi connectivity index (χ0v) is 9.55. The number of ether oxygens (including phenoxy) is 1. The van der Waals surface area contributed by atoms with Crippen molar-refractivity contribution in [2.75, 3.05) is 32.8 Å². The summed E-state index contributed by atoms with van der Waals surface area (Å²) in [5.74, 6) is 0.852. The number of rotatable bonds is 9. The molecule has 0 heterocycles. The topological polar surface area (TPSA) is 50.4 Å². The van der Waals surface area contributed by atoms with Crippen LogP contribution in [0.2, 0.25) is 0 Å². The molecular formula is C11H22N2O2. The molecule has 0 saturated heterocycles. The molecule has 15 heavy (non-hydrogen) atoms. The summed E-state index contributed by atoms with van der Waals surface area (Å²) in [6.07, 6.45) is 3.68. The highest BCUT2D eigenvalue weighted by Gasteiger charge is 2.20. The van der Waals surface area contributed by atoms with Crippen molar-refractivity contribution in [3.63, 3.8) is 0 Å². The van der Waals surface area contributed by atoms with E-state index >= 15 is 0 Å². The lowest BCUT2D eigenvalue weighted by Crippen LogP contribution is -2.35. The van der Waals surface area contributed by atoms with E-state index in [4.69, 9.17) is 4.74 Å². The van der Waals surface area contributed by atoms with Gasteiger partial charge < -0.3 is 15.4 Å². The summed E-state index contributed by atoms with van der Waals surface area (Å²) in [6, 6.07) is 0. The van der Waals surface area contributed by atoms with Crippen LogP contribution in [0, 0.1) is 5.92 Å². The van der Waals surface area contributed by atoms with Crippen molar-refractivity contribution in [3.8, 4) is 0 Å². The third-order valence-electron chi connectivity index (χ3n) is 2.33. The van der Waals surface area contributed by atoms with E-state index < -0.39 is 0 Å². The maximum absolute atomic E-state index is 11.2. The number of nitrogens with one attached hydrogen (secondary N) is 2. The van der Waals surface area contributed by atoms with Crippen LogP contribution in [-0.2, 0) is 9.53 Å². The van der Waals surface area contributed by atoms with E-state index in [9.17, 15) is 4.79 Å². The summed E-state index contributed by atoms with van der Waals surface area (Å²) in [5, 5.41) is 5.86. The molecule has 0 bridgehead atoms. The average Bonchev–Trinajstić information content (AvgIpc) is 3.02. The standard InChI is InChI=1S/C11H22N2O2/c1-2-5-12-8-11(14)13-6-7-15-9-10-3-4-10/h10,12H,2-9H2,1H3,(H,13,14). The van der Waals surface area contributed by atoms with Crippen LogP contribution >= 0.6 is 0 Å². The van der Waals surface area contributed by atoms with Crippen LogP contribution in [0.15, 0.2) is 0 Å². The third-order valence-corrected chi connectivity index (χ3v) is 2.33. The minimum atomic E-state index is 0.0541. The van der Waals surface area contributed by atoms with Gasteiger partial charge in [-0.1, -0.05) is 6.92 Å². The SMILES string of the molecule is CCCNCC(=O)NCCOCC1CC1. The van der Waals surface area contributed by atoms with Gasteiger partial charge in [0.05, 0.1) is 13.2 Å². The van der Waals surface area contributed by atoms with Gasteiger partial charge in [0.2, 0.25) is 5.91 Å². The van der Waals surface area contributed by atoms with Gasteiger partial charge in [0.1, 0.15) is 0 Å². The van der Waals surface area contributed by atoms with Crippen molar-refractivity contribution in [3.05, 3.63) is 0 Å². The zero-order valence-electron chi connectivity index (χ0n) is 9.55. The Kier molecular flexibility index (Phi) is 6.36. The lowest BCUT2D eigenvalue weighted by molar-refractivity contribution is -0.120. The van der Waals surface area contributed by atoms with Gasteiger partial charge in [-0.15, -0.1) is 0 Å². The summed E-state index contributed by atoms with van der Waals surface area (Å²) >= 11 is 0.